The van der Waals surface area contributed by atoms with E-state index in [1.54, 1.807) is 59.9 Å². The third kappa shape index (κ3) is 26.2. The van der Waals surface area contributed by atoms with Crippen molar-refractivity contribution in [3.05, 3.63) is 48.6 Å². The van der Waals surface area contributed by atoms with E-state index in [0.29, 0.717) is 5.96 Å². The molecule has 1 saturated heterocycles. The second kappa shape index (κ2) is 36.7. The van der Waals surface area contributed by atoms with Gasteiger partial charge in [-0.15, -0.1) is 0 Å². The molecule has 2 bridgehead atoms. The van der Waals surface area contributed by atoms with E-state index < -0.39 is 145 Å². The standard InChI is InChI=1S/C59H103N3O18/c1-34(18-14-12-10-11-13-17-25-62-58(60)61-9)26-38(5)55-37(4)19-15-16-20-45(64)39(6)49(68)28-42(63)27-43(78-54(74)32-53(72)73)29-44-30-51(70)56(75)59(77,80-44)33-52(71)36(3)22-23-46(65)40(7)50(69)31-48(67)35(2)21-24-47(66)41(8)57(76)79-55/h10-11,15-16,19-21,24,34-52,55-56,63-71,75,77H,12-14,17-18,22-23,25-33H2,1-9H3,(H,72,73)(H3,60,61,62)/b11-10+,19-15-,20-16-,24-21-/t34-,35?,36?,37?,38-,39?,40?,41?,42?,43?,44?,45?,46?,47?,48?,49?,50?,51?,52?,55-,56?,59?/m0/s1. The number of esters is 2. The average molecular weight is 1140 g/mol. The normalized spacial score (nSPS) is 38.9. The predicted molar refractivity (Wildman–Crippen MR) is 302 cm³/mol. The van der Waals surface area contributed by atoms with Crippen molar-refractivity contribution in [3.63, 3.8) is 0 Å². The summed E-state index contributed by atoms with van der Waals surface area (Å²) >= 11 is 0. The lowest BCUT2D eigenvalue weighted by molar-refractivity contribution is -0.333. The van der Waals surface area contributed by atoms with Gasteiger partial charge in [0, 0.05) is 69.4 Å². The van der Waals surface area contributed by atoms with Crippen LogP contribution in [-0.4, -0.2) is 184 Å². The number of carboxylic acids is 1. The number of aliphatic imine (C=N–C) groups is 1. The van der Waals surface area contributed by atoms with Gasteiger partial charge in [-0.3, -0.25) is 19.4 Å². The van der Waals surface area contributed by atoms with E-state index in [9.17, 15) is 75.7 Å². The molecule has 0 aromatic carbocycles. The molecule has 2 aliphatic rings. The molecule has 0 aliphatic carbocycles. The number of nitrogens with two attached hydrogens (primary N) is 1. The maximum Gasteiger partial charge on any atom is 0.317 e. The maximum absolute atomic E-state index is 13.8. The third-order valence-electron chi connectivity index (χ3n) is 16.2. The Morgan fingerprint density at radius 1 is 0.762 bits per heavy atom. The van der Waals surface area contributed by atoms with Gasteiger partial charge < -0.3 is 86.5 Å². The van der Waals surface area contributed by atoms with Gasteiger partial charge >= 0.3 is 17.9 Å². The van der Waals surface area contributed by atoms with Crippen LogP contribution in [0.15, 0.2) is 53.6 Å². The molecule has 2 heterocycles. The minimum Gasteiger partial charge on any atom is -0.481 e. The Hall–Kier alpha value is -3.84. The van der Waals surface area contributed by atoms with Crippen LogP contribution < -0.4 is 11.1 Å². The number of aliphatic hydroxyl groups excluding tert-OH is 10. The Labute approximate surface area is 474 Å². The fourth-order valence-corrected chi connectivity index (χ4v) is 10.3. The second-order valence-corrected chi connectivity index (χ2v) is 23.4. The molecule has 80 heavy (non-hydrogen) atoms. The molecule has 2 aliphatic heterocycles. The molecule has 19 unspecified atom stereocenters. The summed E-state index contributed by atoms with van der Waals surface area (Å²) < 4.78 is 17.5. The highest BCUT2D eigenvalue weighted by Gasteiger charge is 2.50. The summed E-state index contributed by atoms with van der Waals surface area (Å²) in [6.45, 7) is 14.8. The van der Waals surface area contributed by atoms with E-state index in [1.807, 2.05) is 19.9 Å². The number of aliphatic hydroxyl groups is 11. The zero-order valence-corrected chi connectivity index (χ0v) is 48.9. The van der Waals surface area contributed by atoms with E-state index in [2.05, 4.69) is 29.4 Å². The van der Waals surface area contributed by atoms with Crippen molar-refractivity contribution in [3.8, 4) is 0 Å². The first-order chi connectivity index (χ1) is 37.5. The summed E-state index contributed by atoms with van der Waals surface area (Å²) in [6.07, 6.45) is -0.165. The summed E-state index contributed by atoms with van der Waals surface area (Å²) in [5.74, 6) is -9.43. The lowest BCUT2D eigenvalue weighted by atomic mass is 9.83. The van der Waals surface area contributed by atoms with E-state index >= 15 is 0 Å². The van der Waals surface area contributed by atoms with Crippen molar-refractivity contribution in [1.29, 1.82) is 0 Å². The summed E-state index contributed by atoms with van der Waals surface area (Å²) in [7, 11) is 1.63. The Morgan fingerprint density at radius 2 is 1.40 bits per heavy atom. The van der Waals surface area contributed by atoms with Gasteiger partial charge in [0.2, 0.25) is 0 Å². The zero-order chi connectivity index (χ0) is 60.4. The molecule has 2 rings (SSSR count). The van der Waals surface area contributed by atoms with Gasteiger partial charge in [0.1, 0.15) is 24.7 Å². The molecule has 0 aromatic rings. The largest absolute Gasteiger partial charge is 0.481 e. The number of guanidine groups is 1. The number of carbonyl (C=O) groups excluding carboxylic acids is 2. The first-order valence-electron chi connectivity index (χ1n) is 29.0. The first-order valence-corrected chi connectivity index (χ1v) is 29.0. The Balaban J connectivity index is 2.43. The van der Waals surface area contributed by atoms with Crippen molar-refractivity contribution in [2.24, 2.45) is 58.1 Å². The van der Waals surface area contributed by atoms with Crippen molar-refractivity contribution in [1.82, 2.24) is 5.32 Å². The molecule has 462 valence electrons. The molecule has 22 atom stereocenters. The van der Waals surface area contributed by atoms with Gasteiger partial charge in [-0.2, -0.15) is 0 Å². The molecule has 15 N–H and O–H groups in total. The Bertz CT molecular complexity index is 1960. The quantitative estimate of drug-likeness (QED) is 0.0296. The van der Waals surface area contributed by atoms with Crippen LogP contribution in [0.5, 0.6) is 0 Å². The highest BCUT2D eigenvalue weighted by molar-refractivity contribution is 5.90. The van der Waals surface area contributed by atoms with E-state index in [-0.39, 0.29) is 62.7 Å². The smallest absolute Gasteiger partial charge is 0.317 e. The fourth-order valence-electron chi connectivity index (χ4n) is 10.3. The molecule has 0 saturated carbocycles. The number of allylic oxidation sites excluding steroid dienone is 4. The number of hydrogen-bond acceptors (Lipinski definition) is 18. The van der Waals surface area contributed by atoms with Crippen molar-refractivity contribution in [2.45, 2.75) is 237 Å². The molecule has 0 aromatic heterocycles. The van der Waals surface area contributed by atoms with Gasteiger partial charge in [0.05, 0.1) is 67.0 Å². The Morgan fingerprint density at radius 3 is 2.05 bits per heavy atom. The molecule has 0 radical (unpaired) electrons. The zero-order valence-electron chi connectivity index (χ0n) is 48.9. The summed E-state index contributed by atoms with van der Waals surface area (Å²) in [5, 5.41) is 135. The number of rotatable bonds is 14. The lowest BCUT2D eigenvalue weighted by Crippen LogP contribution is -2.60. The van der Waals surface area contributed by atoms with E-state index in [0.717, 1.165) is 45.1 Å². The number of cyclic esters (lactones) is 1. The van der Waals surface area contributed by atoms with Crippen LogP contribution >= 0.6 is 0 Å². The van der Waals surface area contributed by atoms with E-state index in [1.165, 1.54) is 12.2 Å². The fraction of sp³-hybridized carbons (Fsp3) is 0.797. The van der Waals surface area contributed by atoms with Crippen LogP contribution in [0, 0.1) is 47.3 Å². The van der Waals surface area contributed by atoms with Gasteiger partial charge in [-0.1, -0.05) is 103 Å². The van der Waals surface area contributed by atoms with Crippen LogP contribution in [0.25, 0.3) is 0 Å². The van der Waals surface area contributed by atoms with Gasteiger partial charge in [-0.25, -0.2) is 0 Å². The SMILES string of the molecule is CN=C(N)NCCC/C=C/CCC[C@H](C)C[C@H](C)[C@H]1OC(=O)C(C)C(O)/C=C\C(C)C(O)CC(O)C(C)C(O)CCC(C)C(O)CC2(O)OC(CC(OC(=O)CC(=O)O)CC(O)CC(O)C(C)C(O)/C=C\C=C/C1C)CC(O)C2O. The molecular formula is C59H103N3O18. The number of hydrogen-bond donors (Lipinski definition) is 14. The molecule has 0 amide bonds. The van der Waals surface area contributed by atoms with Crippen LogP contribution in [-0.2, 0) is 28.6 Å². The molecular weight excluding hydrogens is 1040 g/mol. The van der Waals surface area contributed by atoms with Crippen LogP contribution in [0.4, 0.5) is 0 Å². The predicted octanol–water partition coefficient (Wildman–Crippen LogP) is 3.30. The Kier molecular flexibility index (Phi) is 33.1. The number of unbranched alkanes of at least 4 members (excludes halogenated alkanes) is 2. The lowest BCUT2D eigenvalue weighted by Gasteiger charge is -2.45. The van der Waals surface area contributed by atoms with Crippen molar-refractivity contribution in [2.75, 3.05) is 13.6 Å². The number of carboxylic acid groups (broad SMARTS) is 1. The maximum atomic E-state index is 13.8. The number of nitrogens with zero attached hydrogens (tertiary/aromatic N) is 1. The number of aliphatic carboxylic acids is 1. The summed E-state index contributed by atoms with van der Waals surface area (Å²) in [5.41, 5.74) is 5.68. The monoisotopic (exact) mass is 1140 g/mol. The number of ether oxygens (including phenoxy) is 3. The van der Waals surface area contributed by atoms with Gasteiger partial charge in [-0.05, 0) is 76.0 Å². The number of carbonyl (C=O) groups is 3. The number of fused-ring (bicyclic) bond motifs is 2. The summed E-state index contributed by atoms with van der Waals surface area (Å²) in [6, 6.07) is 0. The van der Waals surface area contributed by atoms with Gasteiger partial charge in [0.25, 0.3) is 0 Å². The minimum atomic E-state index is -2.54. The van der Waals surface area contributed by atoms with Crippen molar-refractivity contribution >= 4 is 23.9 Å². The third-order valence-corrected chi connectivity index (χ3v) is 16.2. The minimum absolute atomic E-state index is 0.0716. The number of nitrogens with one attached hydrogen (secondary N) is 1. The van der Waals surface area contributed by atoms with Crippen LogP contribution in [0.3, 0.4) is 0 Å². The van der Waals surface area contributed by atoms with Crippen LogP contribution in [0.1, 0.15) is 152 Å². The first kappa shape index (κ1) is 72.3. The summed E-state index contributed by atoms with van der Waals surface area (Å²) in [4.78, 5) is 41.7. The molecule has 0 spiro atoms. The molecule has 21 nitrogen and oxygen atoms in total. The second-order valence-electron chi connectivity index (χ2n) is 23.4. The highest BCUT2D eigenvalue weighted by atomic mass is 16.7. The van der Waals surface area contributed by atoms with Gasteiger partial charge in [0.15, 0.2) is 11.7 Å². The average Bonchev–Trinajstić information content (AvgIpc) is 3.38. The van der Waals surface area contributed by atoms with Crippen molar-refractivity contribution < 1.29 is 89.9 Å². The van der Waals surface area contributed by atoms with E-state index in [4.69, 9.17) is 19.9 Å². The molecule has 21 heteroatoms. The van der Waals surface area contributed by atoms with Crippen LogP contribution in [0.2, 0.25) is 0 Å². The molecule has 1 fully saturated rings. The topological polar surface area (TPSA) is 372 Å². The highest BCUT2D eigenvalue weighted by Crippen LogP contribution is 2.36.